The Kier molecular flexibility index (Phi) is 15.3. The Morgan fingerprint density at radius 3 is 1.59 bits per heavy atom. The Morgan fingerprint density at radius 1 is 0.778 bits per heavy atom. The standard InChI is InChI=1S/C23H45NO3/c1-6-7-8-9-10-11-12-13-14-15-16-17-18-19-21(25)20(2)24-22(26)27-23(3,4)5/h20H,6-19H2,1-5H3,(H,24,26). The van der Waals surface area contributed by atoms with Gasteiger partial charge in [0, 0.05) is 6.42 Å². The van der Waals surface area contributed by atoms with E-state index in [1.54, 1.807) is 6.92 Å². The number of alkyl carbamates (subject to hydrolysis) is 1. The van der Waals surface area contributed by atoms with Crippen LogP contribution < -0.4 is 5.32 Å². The van der Waals surface area contributed by atoms with Gasteiger partial charge in [0.15, 0.2) is 5.78 Å². The van der Waals surface area contributed by atoms with Crippen LogP contribution in [0.4, 0.5) is 4.79 Å². The molecule has 0 bridgehead atoms. The first-order valence-corrected chi connectivity index (χ1v) is 11.3. The van der Waals surface area contributed by atoms with Gasteiger partial charge in [-0.3, -0.25) is 4.79 Å². The van der Waals surface area contributed by atoms with Gasteiger partial charge in [-0.05, 0) is 34.1 Å². The molecule has 0 saturated heterocycles. The minimum absolute atomic E-state index is 0.0870. The van der Waals surface area contributed by atoms with Crippen LogP contribution in [0.2, 0.25) is 0 Å². The maximum Gasteiger partial charge on any atom is 0.408 e. The second-order valence-corrected chi connectivity index (χ2v) is 8.83. The van der Waals surface area contributed by atoms with Crippen LogP contribution in [-0.2, 0) is 9.53 Å². The van der Waals surface area contributed by atoms with Gasteiger partial charge in [-0.2, -0.15) is 0 Å². The Hall–Kier alpha value is -1.06. The van der Waals surface area contributed by atoms with Crippen molar-refractivity contribution in [2.45, 2.75) is 136 Å². The third-order valence-corrected chi connectivity index (χ3v) is 4.74. The smallest absolute Gasteiger partial charge is 0.408 e. The average Bonchev–Trinajstić information content (AvgIpc) is 2.57. The van der Waals surface area contributed by atoms with Crippen LogP contribution >= 0.6 is 0 Å². The molecule has 1 N–H and O–H groups in total. The first kappa shape index (κ1) is 25.9. The number of carbonyl (C=O) groups excluding carboxylic acids is 2. The van der Waals surface area contributed by atoms with E-state index in [2.05, 4.69) is 12.2 Å². The minimum atomic E-state index is -0.540. The van der Waals surface area contributed by atoms with Crippen molar-refractivity contribution in [2.75, 3.05) is 0 Å². The second kappa shape index (κ2) is 15.9. The van der Waals surface area contributed by atoms with Gasteiger partial charge >= 0.3 is 6.09 Å². The second-order valence-electron chi connectivity index (χ2n) is 8.83. The fourth-order valence-corrected chi connectivity index (χ4v) is 3.10. The van der Waals surface area contributed by atoms with Gasteiger partial charge < -0.3 is 10.1 Å². The predicted octanol–water partition coefficient (Wildman–Crippen LogP) is 6.95. The van der Waals surface area contributed by atoms with Crippen LogP contribution in [0, 0.1) is 0 Å². The van der Waals surface area contributed by atoms with Crippen LogP contribution in [0.25, 0.3) is 0 Å². The summed E-state index contributed by atoms with van der Waals surface area (Å²) in [5, 5.41) is 2.62. The van der Waals surface area contributed by atoms with E-state index in [1.807, 2.05) is 20.8 Å². The molecule has 0 aromatic carbocycles. The summed E-state index contributed by atoms with van der Waals surface area (Å²) in [7, 11) is 0. The van der Waals surface area contributed by atoms with E-state index < -0.39 is 17.7 Å². The molecule has 4 nitrogen and oxygen atoms in total. The highest BCUT2D eigenvalue weighted by Gasteiger charge is 2.20. The molecule has 0 aliphatic rings. The fraction of sp³-hybridized carbons (Fsp3) is 0.913. The molecule has 1 atom stereocenters. The van der Waals surface area contributed by atoms with Gasteiger partial charge in [-0.1, -0.05) is 84.0 Å². The molecule has 160 valence electrons. The Labute approximate surface area is 168 Å². The molecule has 4 heteroatoms. The highest BCUT2D eigenvalue weighted by Crippen LogP contribution is 2.13. The molecule has 0 spiro atoms. The maximum atomic E-state index is 12.1. The van der Waals surface area contributed by atoms with Crippen molar-refractivity contribution in [3.63, 3.8) is 0 Å². The molecule has 0 fully saturated rings. The molecule has 0 rings (SSSR count). The Balaban J connectivity index is 3.48. The Bertz CT molecular complexity index is 388. The van der Waals surface area contributed by atoms with Gasteiger partial charge in [0.1, 0.15) is 5.60 Å². The fourth-order valence-electron chi connectivity index (χ4n) is 3.10. The zero-order valence-corrected chi connectivity index (χ0v) is 18.7. The van der Waals surface area contributed by atoms with Crippen LogP contribution in [0.3, 0.4) is 0 Å². The lowest BCUT2D eigenvalue weighted by Crippen LogP contribution is -2.41. The molecule has 0 aromatic heterocycles. The molecule has 0 radical (unpaired) electrons. The lowest BCUT2D eigenvalue weighted by molar-refractivity contribution is -0.120. The molecule has 0 aliphatic carbocycles. The van der Waals surface area contributed by atoms with Gasteiger partial charge in [0.2, 0.25) is 0 Å². The number of rotatable bonds is 16. The summed E-state index contributed by atoms with van der Waals surface area (Å²) in [6.45, 7) is 9.43. The number of unbranched alkanes of at least 4 members (excludes halogenated alkanes) is 12. The largest absolute Gasteiger partial charge is 0.444 e. The molecule has 0 saturated carbocycles. The molecule has 27 heavy (non-hydrogen) atoms. The lowest BCUT2D eigenvalue weighted by atomic mass is 10.0. The van der Waals surface area contributed by atoms with Crippen LogP contribution in [0.15, 0.2) is 0 Å². The third-order valence-electron chi connectivity index (χ3n) is 4.74. The van der Waals surface area contributed by atoms with E-state index in [9.17, 15) is 9.59 Å². The highest BCUT2D eigenvalue weighted by molar-refractivity contribution is 5.86. The van der Waals surface area contributed by atoms with E-state index in [-0.39, 0.29) is 5.78 Å². The van der Waals surface area contributed by atoms with Crippen molar-refractivity contribution in [3.8, 4) is 0 Å². The molecule has 1 amide bonds. The van der Waals surface area contributed by atoms with Crippen LogP contribution in [-0.4, -0.2) is 23.5 Å². The van der Waals surface area contributed by atoms with Crippen molar-refractivity contribution in [2.24, 2.45) is 0 Å². The van der Waals surface area contributed by atoms with Crippen molar-refractivity contribution < 1.29 is 14.3 Å². The summed E-state index contributed by atoms with van der Waals surface area (Å²) in [4.78, 5) is 23.8. The molecule has 0 aliphatic heterocycles. The minimum Gasteiger partial charge on any atom is -0.444 e. The van der Waals surface area contributed by atoms with Crippen molar-refractivity contribution in [3.05, 3.63) is 0 Å². The Morgan fingerprint density at radius 2 is 1.19 bits per heavy atom. The summed E-state index contributed by atoms with van der Waals surface area (Å²) < 4.78 is 5.18. The normalized spacial score (nSPS) is 12.6. The molecular weight excluding hydrogens is 338 g/mol. The summed E-state index contributed by atoms with van der Waals surface area (Å²) in [5.41, 5.74) is -0.540. The first-order valence-electron chi connectivity index (χ1n) is 11.3. The molecule has 0 aromatic rings. The van der Waals surface area contributed by atoms with Crippen LogP contribution in [0.5, 0.6) is 0 Å². The molecular formula is C23H45NO3. The van der Waals surface area contributed by atoms with E-state index >= 15 is 0 Å². The monoisotopic (exact) mass is 383 g/mol. The van der Waals surface area contributed by atoms with Gasteiger partial charge in [-0.25, -0.2) is 4.79 Å². The number of Topliss-reactive ketones (excluding diaryl/α,β-unsaturated/α-hetero) is 1. The number of hydrogen-bond donors (Lipinski definition) is 1. The number of nitrogens with one attached hydrogen (secondary N) is 1. The van der Waals surface area contributed by atoms with E-state index in [0.717, 1.165) is 12.8 Å². The molecule has 1 unspecified atom stereocenters. The van der Waals surface area contributed by atoms with Crippen LogP contribution in [0.1, 0.15) is 125 Å². The first-order chi connectivity index (χ1) is 12.8. The summed E-state index contributed by atoms with van der Waals surface area (Å²) in [6.07, 6.45) is 16.9. The third kappa shape index (κ3) is 18.1. The summed E-state index contributed by atoms with van der Waals surface area (Å²) >= 11 is 0. The topological polar surface area (TPSA) is 55.4 Å². The van der Waals surface area contributed by atoms with Gasteiger partial charge in [0.25, 0.3) is 0 Å². The zero-order chi connectivity index (χ0) is 20.5. The van der Waals surface area contributed by atoms with Crippen molar-refractivity contribution in [1.82, 2.24) is 5.32 Å². The number of ketones is 1. The predicted molar refractivity (Wildman–Crippen MR) is 114 cm³/mol. The van der Waals surface area contributed by atoms with E-state index in [0.29, 0.717) is 6.42 Å². The average molecular weight is 384 g/mol. The maximum absolute atomic E-state index is 12.1. The lowest BCUT2D eigenvalue weighted by Gasteiger charge is -2.21. The van der Waals surface area contributed by atoms with Gasteiger partial charge in [-0.15, -0.1) is 0 Å². The highest BCUT2D eigenvalue weighted by atomic mass is 16.6. The SMILES string of the molecule is CCCCCCCCCCCCCCCC(=O)C(C)NC(=O)OC(C)(C)C. The van der Waals surface area contributed by atoms with E-state index in [1.165, 1.54) is 70.6 Å². The van der Waals surface area contributed by atoms with Gasteiger partial charge in [0.05, 0.1) is 6.04 Å². The number of hydrogen-bond acceptors (Lipinski definition) is 3. The quantitative estimate of drug-likeness (QED) is 0.293. The number of carbonyl (C=O) groups is 2. The van der Waals surface area contributed by atoms with Crippen molar-refractivity contribution >= 4 is 11.9 Å². The summed E-state index contributed by atoms with van der Waals surface area (Å²) in [6, 6.07) is -0.475. The molecule has 0 heterocycles. The number of amides is 1. The number of ether oxygens (including phenoxy) is 1. The zero-order valence-electron chi connectivity index (χ0n) is 18.7. The van der Waals surface area contributed by atoms with Crippen molar-refractivity contribution in [1.29, 1.82) is 0 Å². The summed E-state index contributed by atoms with van der Waals surface area (Å²) in [5.74, 6) is 0.0870. The van der Waals surface area contributed by atoms with E-state index in [4.69, 9.17) is 4.74 Å².